The Hall–Kier alpha value is -2.64. The second kappa shape index (κ2) is 8.16. The summed E-state index contributed by atoms with van der Waals surface area (Å²) in [7, 11) is 1.52. The van der Waals surface area contributed by atoms with Crippen LogP contribution in [-0.4, -0.2) is 29.7 Å². The number of amides is 1. The van der Waals surface area contributed by atoms with Gasteiger partial charge < -0.3 is 14.8 Å². The second-order valence-electron chi connectivity index (χ2n) is 5.33. The molecule has 2 aromatic carbocycles. The van der Waals surface area contributed by atoms with Gasteiger partial charge in [-0.1, -0.05) is 48.2 Å². The van der Waals surface area contributed by atoms with Gasteiger partial charge in [-0.05, 0) is 35.9 Å². The van der Waals surface area contributed by atoms with Crippen LogP contribution in [0.25, 0.3) is 6.08 Å². The number of ketones is 1. The second-order valence-corrected chi connectivity index (χ2v) is 7.05. The molecule has 0 atom stereocenters. The number of methoxy groups -OCH3 is 1. The minimum atomic E-state index is -0.192. The SMILES string of the molecule is COc1ccccc1C(=O)COc1ccc(/C=C2\SC(=S)NC2=O)cc1. The van der Waals surface area contributed by atoms with Gasteiger partial charge in [0.15, 0.2) is 6.61 Å². The number of Topliss-reactive ketones (excluding diaryl/α,β-unsaturated/α-hetero) is 1. The van der Waals surface area contributed by atoms with Gasteiger partial charge >= 0.3 is 0 Å². The highest BCUT2D eigenvalue weighted by Crippen LogP contribution is 2.26. The molecule has 1 aliphatic heterocycles. The number of ether oxygens (including phenoxy) is 2. The molecular weight excluding hydrogens is 370 g/mol. The first-order valence-corrected chi connectivity index (χ1v) is 8.93. The third-order valence-electron chi connectivity index (χ3n) is 3.60. The molecule has 26 heavy (non-hydrogen) atoms. The molecule has 0 spiro atoms. The van der Waals surface area contributed by atoms with Crippen LogP contribution in [0.5, 0.6) is 11.5 Å². The maximum atomic E-state index is 12.3. The Morgan fingerprint density at radius 3 is 2.58 bits per heavy atom. The summed E-state index contributed by atoms with van der Waals surface area (Å²) >= 11 is 6.19. The lowest BCUT2D eigenvalue weighted by Gasteiger charge is -2.09. The van der Waals surface area contributed by atoms with Crippen LogP contribution in [-0.2, 0) is 4.79 Å². The van der Waals surface area contributed by atoms with Crippen molar-refractivity contribution >= 4 is 46.1 Å². The Kier molecular flexibility index (Phi) is 5.70. The van der Waals surface area contributed by atoms with E-state index < -0.39 is 0 Å². The van der Waals surface area contributed by atoms with Crippen molar-refractivity contribution in [2.24, 2.45) is 0 Å². The van der Waals surface area contributed by atoms with Crippen LogP contribution < -0.4 is 14.8 Å². The van der Waals surface area contributed by atoms with Crippen molar-refractivity contribution in [2.75, 3.05) is 13.7 Å². The third kappa shape index (κ3) is 4.30. The first-order chi connectivity index (χ1) is 12.6. The average Bonchev–Trinajstić information content (AvgIpc) is 2.97. The fourth-order valence-electron chi connectivity index (χ4n) is 2.33. The summed E-state index contributed by atoms with van der Waals surface area (Å²) in [6.07, 6.45) is 1.75. The predicted octanol–water partition coefficient (Wildman–Crippen LogP) is 3.45. The molecule has 1 heterocycles. The van der Waals surface area contributed by atoms with E-state index in [0.717, 1.165) is 5.56 Å². The molecule has 0 unspecified atom stereocenters. The fourth-order valence-corrected chi connectivity index (χ4v) is 3.38. The Bertz CT molecular complexity index is 891. The summed E-state index contributed by atoms with van der Waals surface area (Å²) in [4.78, 5) is 24.5. The Balaban J connectivity index is 1.63. The smallest absolute Gasteiger partial charge is 0.263 e. The average molecular weight is 385 g/mol. The summed E-state index contributed by atoms with van der Waals surface area (Å²) < 4.78 is 11.2. The molecule has 1 aliphatic rings. The van der Waals surface area contributed by atoms with Gasteiger partial charge in [0, 0.05) is 0 Å². The Morgan fingerprint density at radius 1 is 1.19 bits per heavy atom. The first kappa shape index (κ1) is 18.2. The van der Waals surface area contributed by atoms with Gasteiger partial charge in [0.25, 0.3) is 5.91 Å². The van der Waals surface area contributed by atoms with Crippen LogP contribution >= 0.6 is 24.0 Å². The Morgan fingerprint density at radius 2 is 1.92 bits per heavy atom. The quantitative estimate of drug-likeness (QED) is 0.467. The number of thiocarbonyl (C=S) groups is 1. The van der Waals surface area contributed by atoms with Crippen LogP contribution in [0, 0.1) is 0 Å². The molecule has 2 aromatic rings. The van der Waals surface area contributed by atoms with Crippen LogP contribution in [0.3, 0.4) is 0 Å². The van der Waals surface area contributed by atoms with E-state index in [9.17, 15) is 9.59 Å². The van der Waals surface area contributed by atoms with Crippen molar-refractivity contribution in [3.63, 3.8) is 0 Å². The number of rotatable bonds is 6. The van der Waals surface area contributed by atoms with E-state index in [4.69, 9.17) is 21.7 Å². The van der Waals surface area contributed by atoms with Crippen LogP contribution in [0.4, 0.5) is 0 Å². The van der Waals surface area contributed by atoms with E-state index in [2.05, 4.69) is 5.32 Å². The molecule has 1 amide bonds. The summed E-state index contributed by atoms with van der Waals surface area (Å²) in [6.45, 7) is -0.0899. The summed E-state index contributed by atoms with van der Waals surface area (Å²) in [5.41, 5.74) is 1.33. The number of hydrogen-bond acceptors (Lipinski definition) is 6. The number of carbonyl (C=O) groups excluding carboxylic acids is 2. The number of nitrogens with one attached hydrogen (secondary N) is 1. The minimum absolute atomic E-state index is 0.0899. The number of hydrogen-bond donors (Lipinski definition) is 1. The maximum absolute atomic E-state index is 12.3. The normalized spacial score (nSPS) is 15.0. The van der Waals surface area contributed by atoms with E-state index in [1.807, 2.05) is 12.1 Å². The van der Waals surface area contributed by atoms with Gasteiger partial charge in [-0.15, -0.1) is 0 Å². The molecule has 1 N–H and O–H groups in total. The number of thioether (sulfide) groups is 1. The van der Waals surface area contributed by atoms with Gasteiger partial charge in [0.1, 0.15) is 15.8 Å². The van der Waals surface area contributed by atoms with Crippen molar-refractivity contribution in [2.45, 2.75) is 0 Å². The van der Waals surface area contributed by atoms with E-state index in [1.165, 1.54) is 18.9 Å². The Labute approximate surface area is 160 Å². The van der Waals surface area contributed by atoms with Crippen molar-refractivity contribution < 1.29 is 19.1 Å². The van der Waals surface area contributed by atoms with E-state index >= 15 is 0 Å². The van der Waals surface area contributed by atoms with E-state index in [1.54, 1.807) is 42.5 Å². The zero-order chi connectivity index (χ0) is 18.5. The van der Waals surface area contributed by atoms with Gasteiger partial charge in [-0.25, -0.2) is 0 Å². The number of para-hydroxylation sites is 1. The molecule has 3 rings (SSSR count). The molecule has 0 radical (unpaired) electrons. The number of carbonyl (C=O) groups is 2. The highest BCUT2D eigenvalue weighted by atomic mass is 32.2. The lowest BCUT2D eigenvalue weighted by molar-refractivity contribution is -0.115. The summed E-state index contributed by atoms with van der Waals surface area (Å²) in [6, 6.07) is 14.1. The van der Waals surface area contributed by atoms with Gasteiger partial charge in [0.05, 0.1) is 17.6 Å². The van der Waals surface area contributed by atoms with Gasteiger partial charge in [-0.2, -0.15) is 0 Å². The molecule has 0 aliphatic carbocycles. The van der Waals surface area contributed by atoms with Crippen molar-refractivity contribution in [1.82, 2.24) is 5.32 Å². The molecule has 0 aromatic heterocycles. The lowest BCUT2D eigenvalue weighted by Crippen LogP contribution is -2.17. The van der Waals surface area contributed by atoms with Crippen LogP contribution in [0.1, 0.15) is 15.9 Å². The van der Waals surface area contributed by atoms with Gasteiger partial charge in [0.2, 0.25) is 5.78 Å². The maximum Gasteiger partial charge on any atom is 0.263 e. The molecule has 0 saturated carbocycles. The third-order valence-corrected chi connectivity index (χ3v) is 4.76. The first-order valence-electron chi connectivity index (χ1n) is 7.71. The monoisotopic (exact) mass is 385 g/mol. The van der Waals surface area contributed by atoms with Crippen LogP contribution in [0.2, 0.25) is 0 Å². The van der Waals surface area contributed by atoms with Crippen LogP contribution in [0.15, 0.2) is 53.4 Å². The fraction of sp³-hybridized carbons (Fsp3) is 0.105. The molecule has 1 fully saturated rings. The van der Waals surface area contributed by atoms with E-state index in [0.29, 0.717) is 26.3 Å². The highest BCUT2D eigenvalue weighted by molar-refractivity contribution is 8.26. The molecule has 132 valence electrons. The molecule has 5 nitrogen and oxygen atoms in total. The minimum Gasteiger partial charge on any atom is -0.496 e. The molecule has 1 saturated heterocycles. The zero-order valence-corrected chi connectivity index (χ0v) is 15.5. The predicted molar refractivity (Wildman–Crippen MR) is 106 cm³/mol. The highest BCUT2D eigenvalue weighted by Gasteiger charge is 2.21. The largest absolute Gasteiger partial charge is 0.496 e. The van der Waals surface area contributed by atoms with Crippen molar-refractivity contribution in [3.05, 3.63) is 64.6 Å². The summed E-state index contributed by atoms with van der Waals surface area (Å²) in [5, 5.41) is 2.57. The standard InChI is InChI=1S/C19H15NO4S2/c1-23-16-5-3-2-4-14(16)15(21)11-24-13-8-6-12(7-9-13)10-17-18(22)20-19(25)26-17/h2-10H,11H2,1H3,(H,20,22,25)/b17-10-. The van der Waals surface area contributed by atoms with Crippen molar-refractivity contribution in [1.29, 1.82) is 0 Å². The molecule has 7 heteroatoms. The summed E-state index contributed by atoms with van der Waals surface area (Å²) in [5.74, 6) is 0.728. The zero-order valence-electron chi connectivity index (χ0n) is 13.9. The lowest BCUT2D eigenvalue weighted by atomic mass is 10.1. The molecular formula is C19H15NO4S2. The van der Waals surface area contributed by atoms with Crippen molar-refractivity contribution in [3.8, 4) is 11.5 Å². The van der Waals surface area contributed by atoms with Gasteiger partial charge in [-0.3, -0.25) is 9.59 Å². The molecule has 0 bridgehead atoms. The van der Waals surface area contributed by atoms with E-state index in [-0.39, 0.29) is 18.3 Å². The number of benzene rings is 2. The topological polar surface area (TPSA) is 64.6 Å².